The molecule has 0 aliphatic heterocycles. The van der Waals surface area contributed by atoms with Crippen molar-refractivity contribution in [1.82, 2.24) is 0 Å². The molecule has 4 fully saturated rings. The zero-order valence-electron chi connectivity index (χ0n) is 21.1. The van der Waals surface area contributed by atoms with Gasteiger partial charge in [-0.1, -0.05) is 20.8 Å². The third-order valence-corrected chi connectivity index (χ3v) is 10.4. The zero-order chi connectivity index (χ0) is 24.8. The van der Waals surface area contributed by atoms with E-state index in [2.05, 4.69) is 13.8 Å². The lowest BCUT2D eigenvalue weighted by Gasteiger charge is -2.63. The number of carbonyl (C=O) groups excluding carboxylic acids is 1. The molecule has 0 aromatic rings. The molecular formula is C28H42O6. The molecule has 0 radical (unpaired) electrons. The van der Waals surface area contributed by atoms with E-state index in [1.54, 1.807) is 6.92 Å². The van der Waals surface area contributed by atoms with Gasteiger partial charge in [-0.05, 0) is 92.1 Å². The van der Waals surface area contributed by atoms with Crippen LogP contribution in [0.4, 0.5) is 0 Å². The number of allylic oxidation sites excluding steroid dienone is 1. The van der Waals surface area contributed by atoms with Crippen LogP contribution in [-0.2, 0) is 14.3 Å². The van der Waals surface area contributed by atoms with Crippen molar-refractivity contribution in [3.8, 4) is 0 Å². The molecule has 4 rings (SSSR count). The summed E-state index contributed by atoms with van der Waals surface area (Å²) >= 11 is 0. The molecule has 0 bridgehead atoms. The fourth-order valence-corrected chi connectivity index (χ4v) is 8.40. The summed E-state index contributed by atoms with van der Waals surface area (Å²) in [5, 5.41) is 31.1. The summed E-state index contributed by atoms with van der Waals surface area (Å²) in [7, 11) is 0. The molecule has 3 N–H and O–H groups in total. The Labute approximate surface area is 203 Å². The number of rotatable bonds is 6. The van der Waals surface area contributed by atoms with Gasteiger partial charge in [-0.25, -0.2) is 4.79 Å². The minimum atomic E-state index is -0.968. The Balaban J connectivity index is 1.57. The van der Waals surface area contributed by atoms with Crippen LogP contribution in [0, 0.1) is 40.4 Å². The highest BCUT2D eigenvalue weighted by Crippen LogP contribution is 2.67. The number of fused-ring (bicyclic) bond motifs is 5. The molecule has 4 aliphatic rings. The van der Waals surface area contributed by atoms with Crippen LogP contribution in [0.25, 0.3) is 0 Å². The number of aliphatic hydroxyl groups is 2. The van der Waals surface area contributed by atoms with Crippen LogP contribution in [0.5, 0.6) is 0 Å². The SMILES string of the molecule is CCC(O/C=C1\CCC2(C)C(C1)C(CO)C(O)C1C3CCC(=O)C3(C)CCC12)/C(C)=C\C(=O)O. The average molecular weight is 475 g/mol. The fourth-order valence-electron chi connectivity index (χ4n) is 8.40. The summed E-state index contributed by atoms with van der Waals surface area (Å²) in [6.45, 7) is 8.18. The van der Waals surface area contributed by atoms with Crippen LogP contribution < -0.4 is 0 Å². The van der Waals surface area contributed by atoms with Crippen molar-refractivity contribution in [3.05, 3.63) is 23.5 Å². The molecule has 4 aliphatic carbocycles. The minimum absolute atomic E-state index is 0.0187. The summed E-state index contributed by atoms with van der Waals surface area (Å²) in [5.41, 5.74) is 1.57. The van der Waals surface area contributed by atoms with Crippen LogP contribution in [0.15, 0.2) is 23.5 Å². The molecule has 0 saturated heterocycles. The van der Waals surface area contributed by atoms with E-state index in [4.69, 9.17) is 9.84 Å². The molecule has 190 valence electrons. The van der Waals surface area contributed by atoms with Gasteiger partial charge in [0.1, 0.15) is 11.9 Å². The zero-order valence-corrected chi connectivity index (χ0v) is 21.1. The smallest absolute Gasteiger partial charge is 0.328 e. The molecule has 9 unspecified atom stereocenters. The summed E-state index contributed by atoms with van der Waals surface area (Å²) in [6, 6.07) is 0. The normalized spacial score (nSPS) is 44.2. The highest BCUT2D eigenvalue weighted by molar-refractivity contribution is 5.87. The number of carbonyl (C=O) groups is 2. The van der Waals surface area contributed by atoms with E-state index >= 15 is 0 Å². The Kier molecular flexibility index (Phi) is 7.05. The lowest BCUT2D eigenvalue weighted by molar-refractivity contribution is -0.191. The number of aliphatic hydroxyl groups excluding tert-OH is 2. The first-order valence-corrected chi connectivity index (χ1v) is 13.1. The molecule has 9 atom stereocenters. The topological polar surface area (TPSA) is 104 Å². The van der Waals surface area contributed by atoms with Crippen molar-refractivity contribution in [2.45, 2.75) is 91.3 Å². The molecule has 0 heterocycles. The monoisotopic (exact) mass is 474 g/mol. The van der Waals surface area contributed by atoms with E-state index < -0.39 is 12.1 Å². The third-order valence-electron chi connectivity index (χ3n) is 10.4. The molecule has 0 aromatic carbocycles. The highest BCUT2D eigenvalue weighted by Gasteiger charge is 2.64. The average Bonchev–Trinajstić information content (AvgIpc) is 3.09. The second kappa shape index (κ2) is 9.42. The first-order valence-electron chi connectivity index (χ1n) is 13.1. The van der Waals surface area contributed by atoms with Gasteiger partial charge in [0.2, 0.25) is 0 Å². The Morgan fingerprint density at radius 1 is 1.18 bits per heavy atom. The van der Waals surface area contributed by atoms with Crippen molar-refractivity contribution in [2.24, 2.45) is 40.4 Å². The Morgan fingerprint density at radius 2 is 1.91 bits per heavy atom. The number of carboxylic acid groups (broad SMARTS) is 1. The maximum atomic E-state index is 12.7. The second-order valence-electron chi connectivity index (χ2n) is 11.9. The molecule has 0 amide bonds. The lowest BCUT2D eigenvalue weighted by atomic mass is 9.42. The van der Waals surface area contributed by atoms with Gasteiger partial charge in [0.05, 0.1) is 12.4 Å². The molecule has 4 saturated carbocycles. The lowest BCUT2D eigenvalue weighted by Crippen LogP contribution is -2.62. The maximum absolute atomic E-state index is 12.7. The van der Waals surface area contributed by atoms with E-state index in [-0.39, 0.29) is 47.2 Å². The summed E-state index contributed by atoms with van der Waals surface area (Å²) in [5.74, 6) is 0.0160. The van der Waals surface area contributed by atoms with E-state index in [1.165, 1.54) is 11.6 Å². The van der Waals surface area contributed by atoms with Crippen LogP contribution in [0.2, 0.25) is 0 Å². The highest BCUT2D eigenvalue weighted by atomic mass is 16.5. The predicted molar refractivity (Wildman–Crippen MR) is 129 cm³/mol. The van der Waals surface area contributed by atoms with Crippen LogP contribution in [0.3, 0.4) is 0 Å². The fraction of sp³-hybridized carbons (Fsp3) is 0.786. The third kappa shape index (κ3) is 4.05. The van der Waals surface area contributed by atoms with Gasteiger partial charge in [0.25, 0.3) is 0 Å². The molecule has 34 heavy (non-hydrogen) atoms. The summed E-state index contributed by atoms with van der Waals surface area (Å²) in [6.07, 6.45) is 8.87. The van der Waals surface area contributed by atoms with Gasteiger partial charge in [0.15, 0.2) is 0 Å². The van der Waals surface area contributed by atoms with Crippen molar-refractivity contribution >= 4 is 11.8 Å². The Morgan fingerprint density at radius 3 is 2.56 bits per heavy atom. The van der Waals surface area contributed by atoms with E-state index in [9.17, 15) is 19.8 Å². The van der Waals surface area contributed by atoms with Crippen molar-refractivity contribution < 1.29 is 29.6 Å². The van der Waals surface area contributed by atoms with Gasteiger partial charge < -0.3 is 20.1 Å². The van der Waals surface area contributed by atoms with E-state index in [1.807, 2.05) is 13.2 Å². The standard InChI is InChI=1S/C28H42O6/c1-5-22(16(2)12-24(31)32)34-15-17-8-10-27(3)20-9-11-28(4)19(6-7-23(28)30)25(20)26(33)18(14-29)21(27)13-17/h12,15,18-22,25-26,29,33H,5-11,13-14H2,1-4H3,(H,31,32)/b16-12-,17-15+. The molecular weight excluding hydrogens is 432 g/mol. The van der Waals surface area contributed by atoms with E-state index in [0.717, 1.165) is 38.5 Å². The second-order valence-corrected chi connectivity index (χ2v) is 11.9. The number of ether oxygens (including phenoxy) is 1. The first-order chi connectivity index (χ1) is 16.1. The van der Waals surface area contributed by atoms with Crippen molar-refractivity contribution in [3.63, 3.8) is 0 Å². The largest absolute Gasteiger partial charge is 0.494 e. The Bertz CT molecular complexity index is 876. The molecule has 6 nitrogen and oxygen atoms in total. The Hall–Kier alpha value is -1.66. The number of carboxylic acids is 1. The van der Waals surface area contributed by atoms with Gasteiger partial charge >= 0.3 is 5.97 Å². The predicted octanol–water partition coefficient (Wildman–Crippen LogP) is 4.50. The first kappa shape index (κ1) is 25.4. The summed E-state index contributed by atoms with van der Waals surface area (Å²) in [4.78, 5) is 23.8. The van der Waals surface area contributed by atoms with Gasteiger partial charge in [-0.3, -0.25) is 4.79 Å². The number of Topliss-reactive ketones (excluding diaryl/α,β-unsaturated/α-hetero) is 1. The minimum Gasteiger partial charge on any atom is -0.494 e. The van der Waals surface area contributed by atoms with Crippen molar-refractivity contribution in [1.29, 1.82) is 0 Å². The van der Waals surface area contributed by atoms with Crippen LogP contribution in [-0.4, -0.2) is 45.9 Å². The van der Waals surface area contributed by atoms with Crippen LogP contribution >= 0.6 is 0 Å². The van der Waals surface area contributed by atoms with Gasteiger partial charge in [0, 0.05) is 30.4 Å². The molecule has 0 spiro atoms. The quantitative estimate of drug-likeness (QED) is 0.387. The van der Waals surface area contributed by atoms with Gasteiger partial charge in [-0.2, -0.15) is 0 Å². The maximum Gasteiger partial charge on any atom is 0.328 e. The molecule has 6 heteroatoms. The molecule has 0 aromatic heterocycles. The van der Waals surface area contributed by atoms with Crippen molar-refractivity contribution in [2.75, 3.05) is 6.61 Å². The summed E-state index contributed by atoms with van der Waals surface area (Å²) < 4.78 is 6.03. The number of hydrogen-bond acceptors (Lipinski definition) is 5. The number of hydrogen-bond donors (Lipinski definition) is 3. The van der Waals surface area contributed by atoms with E-state index in [0.29, 0.717) is 30.1 Å². The van der Waals surface area contributed by atoms with Crippen LogP contribution in [0.1, 0.15) is 79.1 Å². The van der Waals surface area contributed by atoms with Gasteiger partial charge in [-0.15, -0.1) is 0 Å². The number of ketones is 1. The number of aliphatic carboxylic acids is 1.